The molecule has 1 aromatic heterocycles. The number of methoxy groups -OCH3 is 1. The van der Waals surface area contributed by atoms with Crippen LogP contribution in [0.1, 0.15) is 27.6 Å². The Bertz CT molecular complexity index is 1040. The maximum Gasteiger partial charge on any atom is 0.243 e. The average molecular weight is 400 g/mol. The zero-order valence-corrected chi connectivity index (χ0v) is 16.9. The van der Waals surface area contributed by atoms with E-state index in [0.29, 0.717) is 17.2 Å². The van der Waals surface area contributed by atoms with Crippen LogP contribution in [0.15, 0.2) is 64.9 Å². The van der Waals surface area contributed by atoms with E-state index in [9.17, 15) is 8.42 Å². The van der Waals surface area contributed by atoms with Crippen molar-refractivity contribution in [1.29, 1.82) is 0 Å². The molecule has 0 saturated carbocycles. The molecule has 0 unspecified atom stereocenters. The molecule has 140 valence electrons. The summed E-state index contributed by atoms with van der Waals surface area (Å²) in [5.41, 5.74) is 3.24. The highest BCUT2D eigenvalue weighted by Gasteiger charge is 2.37. The molecule has 1 aliphatic rings. The van der Waals surface area contributed by atoms with Gasteiger partial charge >= 0.3 is 0 Å². The molecule has 0 fully saturated rings. The van der Waals surface area contributed by atoms with Gasteiger partial charge in [0.1, 0.15) is 5.75 Å². The molecule has 3 aromatic rings. The topological polar surface area (TPSA) is 46.6 Å². The highest BCUT2D eigenvalue weighted by atomic mass is 32.2. The Morgan fingerprint density at radius 2 is 1.74 bits per heavy atom. The highest BCUT2D eigenvalue weighted by molar-refractivity contribution is 7.89. The second-order valence-electron chi connectivity index (χ2n) is 6.65. The third kappa shape index (κ3) is 3.29. The Hall–Kier alpha value is -2.15. The predicted octanol–water partition coefficient (Wildman–Crippen LogP) is 4.40. The van der Waals surface area contributed by atoms with E-state index in [-0.39, 0.29) is 6.04 Å². The Kier molecular flexibility index (Phi) is 4.80. The van der Waals surface area contributed by atoms with E-state index in [2.05, 4.69) is 11.4 Å². The maximum absolute atomic E-state index is 13.5. The first kappa shape index (κ1) is 18.2. The van der Waals surface area contributed by atoms with Crippen molar-refractivity contribution in [2.75, 3.05) is 13.7 Å². The molecule has 0 bridgehead atoms. The van der Waals surface area contributed by atoms with Gasteiger partial charge in [-0.1, -0.05) is 29.8 Å². The number of rotatable bonds is 4. The second kappa shape index (κ2) is 7.11. The zero-order chi connectivity index (χ0) is 19.0. The number of fused-ring (bicyclic) bond motifs is 1. The second-order valence-corrected chi connectivity index (χ2v) is 9.54. The first-order valence-electron chi connectivity index (χ1n) is 8.79. The van der Waals surface area contributed by atoms with E-state index in [0.717, 1.165) is 23.1 Å². The number of aryl methyl sites for hydroxylation is 1. The summed E-state index contributed by atoms with van der Waals surface area (Å²) in [4.78, 5) is 1.56. The van der Waals surface area contributed by atoms with E-state index < -0.39 is 10.0 Å². The minimum absolute atomic E-state index is 0.291. The highest BCUT2D eigenvalue weighted by Crippen LogP contribution is 2.40. The number of benzene rings is 2. The molecule has 2 heterocycles. The van der Waals surface area contributed by atoms with Gasteiger partial charge in [-0.2, -0.15) is 4.31 Å². The Balaban J connectivity index is 1.80. The molecular formula is C21H21NO3S2. The first-order chi connectivity index (χ1) is 13.0. The number of hydrogen-bond donors (Lipinski definition) is 0. The van der Waals surface area contributed by atoms with E-state index >= 15 is 0 Å². The van der Waals surface area contributed by atoms with Gasteiger partial charge in [0.05, 0.1) is 18.0 Å². The molecule has 2 aromatic carbocycles. The van der Waals surface area contributed by atoms with Gasteiger partial charge in [-0.15, -0.1) is 11.3 Å². The number of thiophene rings is 1. The molecule has 0 amide bonds. The van der Waals surface area contributed by atoms with Crippen molar-refractivity contribution in [3.05, 3.63) is 81.5 Å². The van der Waals surface area contributed by atoms with Gasteiger partial charge in [-0.25, -0.2) is 8.42 Å². The van der Waals surface area contributed by atoms with Crippen molar-refractivity contribution in [2.24, 2.45) is 0 Å². The minimum atomic E-state index is -3.63. The monoisotopic (exact) mass is 399 g/mol. The summed E-state index contributed by atoms with van der Waals surface area (Å²) in [7, 11) is -2.06. The summed E-state index contributed by atoms with van der Waals surface area (Å²) in [5.74, 6) is 0.641. The van der Waals surface area contributed by atoms with Crippen LogP contribution in [-0.2, 0) is 16.4 Å². The third-order valence-corrected chi connectivity index (χ3v) is 7.86. The van der Waals surface area contributed by atoms with Crippen molar-refractivity contribution in [2.45, 2.75) is 24.3 Å². The molecule has 0 radical (unpaired) electrons. The fourth-order valence-electron chi connectivity index (χ4n) is 3.53. The molecule has 1 atom stereocenters. The lowest BCUT2D eigenvalue weighted by Crippen LogP contribution is -2.40. The molecule has 4 nitrogen and oxygen atoms in total. The molecule has 4 rings (SSSR count). The molecule has 1 aliphatic heterocycles. The maximum atomic E-state index is 13.5. The molecule has 0 spiro atoms. The summed E-state index contributed by atoms with van der Waals surface area (Å²) >= 11 is 1.70. The van der Waals surface area contributed by atoms with E-state index in [4.69, 9.17) is 4.74 Å². The Morgan fingerprint density at radius 1 is 1.04 bits per heavy atom. The van der Waals surface area contributed by atoms with Crippen LogP contribution in [0.25, 0.3) is 0 Å². The molecule has 6 heteroatoms. The Morgan fingerprint density at radius 3 is 2.41 bits per heavy atom. The van der Waals surface area contributed by atoms with E-state index in [1.807, 2.05) is 31.2 Å². The van der Waals surface area contributed by atoms with Crippen LogP contribution >= 0.6 is 11.3 Å². The third-order valence-electron chi connectivity index (χ3n) is 4.98. The molecular weight excluding hydrogens is 378 g/mol. The van der Waals surface area contributed by atoms with Crippen LogP contribution in [0.2, 0.25) is 0 Å². The molecule has 0 saturated heterocycles. The van der Waals surface area contributed by atoms with Gasteiger partial charge in [0.15, 0.2) is 0 Å². The number of ether oxygens (including phenoxy) is 1. The van der Waals surface area contributed by atoms with Crippen LogP contribution in [0, 0.1) is 6.92 Å². The van der Waals surface area contributed by atoms with Crippen LogP contribution < -0.4 is 4.74 Å². The lowest BCUT2D eigenvalue weighted by molar-refractivity contribution is 0.346. The molecule has 0 aliphatic carbocycles. The first-order valence-corrected chi connectivity index (χ1v) is 11.1. The van der Waals surface area contributed by atoms with Gasteiger partial charge in [0.2, 0.25) is 10.0 Å². The number of nitrogens with zero attached hydrogens (tertiary/aromatic N) is 1. The molecule has 27 heavy (non-hydrogen) atoms. The number of hydrogen-bond acceptors (Lipinski definition) is 4. The smallest absolute Gasteiger partial charge is 0.243 e. The minimum Gasteiger partial charge on any atom is -0.497 e. The normalized spacial score (nSPS) is 17.5. The van der Waals surface area contributed by atoms with Gasteiger partial charge < -0.3 is 4.74 Å². The van der Waals surface area contributed by atoms with Crippen molar-refractivity contribution >= 4 is 21.4 Å². The van der Waals surface area contributed by atoms with Crippen LogP contribution in [-0.4, -0.2) is 26.4 Å². The van der Waals surface area contributed by atoms with Crippen molar-refractivity contribution < 1.29 is 13.2 Å². The van der Waals surface area contributed by atoms with Gasteiger partial charge in [-0.3, -0.25) is 0 Å². The van der Waals surface area contributed by atoms with E-state index in [1.54, 1.807) is 47.0 Å². The summed E-state index contributed by atoms with van der Waals surface area (Å²) in [6.07, 6.45) is 0.741. The number of sulfonamides is 1. The summed E-state index contributed by atoms with van der Waals surface area (Å²) in [5, 5.41) is 2.05. The van der Waals surface area contributed by atoms with Crippen LogP contribution in [0.3, 0.4) is 0 Å². The fraction of sp³-hybridized carbons (Fsp3) is 0.238. The SMILES string of the molecule is COc1ccc(S(=O)(=O)N2CCc3sccc3[C@H]2c2ccc(C)cc2)cc1. The largest absolute Gasteiger partial charge is 0.497 e. The lowest BCUT2D eigenvalue weighted by atomic mass is 9.95. The molecule has 0 N–H and O–H groups in total. The van der Waals surface area contributed by atoms with Gasteiger partial charge in [0.25, 0.3) is 0 Å². The van der Waals surface area contributed by atoms with Crippen LogP contribution in [0.4, 0.5) is 0 Å². The van der Waals surface area contributed by atoms with Crippen LogP contribution in [0.5, 0.6) is 5.75 Å². The predicted molar refractivity (Wildman–Crippen MR) is 108 cm³/mol. The van der Waals surface area contributed by atoms with Crippen molar-refractivity contribution in [1.82, 2.24) is 4.31 Å². The quantitative estimate of drug-likeness (QED) is 0.653. The zero-order valence-electron chi connectivity index (χ0n) is 15.3. The Labute approximate surface area is 164 Å². The van der Waals surface area contributed by atoms with Crippen molar-refractivity contribution in [3.8, 4) is 5.75 Å². The summed E-state index contributed by atoms with van der Waals surface area (Å²) < 4.78 is 33.7. The van der Waals surface area contributed by atoms with Gasteiger partial charge in [-0.05, 0) is 60.2 Å². The van der Waals surface area contributed by atoms with Crippen molar-refractivity contribution in [3.63, 3.8) is 0 Å². The van der Waals surface area contributed by atoms with E-state index in [1.165, 1.54) is 4.88 Å². The average Bonchev–Trinajstić information content (AvgIpc) is 3.17. The standard InChI is InChI=1S/C21H21NO3S2/c1-15-3-5-16(6-4-15)21-19-12-14-26-20(19)11-13-22(21)27(23,24)18-9-7-17(25-2)8-10-18/h3-10,12,14,21H,11,13H2,1-2H3/t21-/m1/s1. The fourth-order valence-corrected chi connectivity index (χ4v) is 6.03. The lowest BCUT2D eigenvalue weighted by Gasteiger charge is -2.35. The van der Waals surface area contributed by atoms with Gasteiger partial charge in [0, 0.05) is 11.4 Å². The summed E-state index contributed by atoms with van der Waals surface area (Å²) in [6.45, 7) is 2.51. The summed E-state index contributed by atoms with van der Waals surface area (Å²) in [6, 6.07) is 16.5.